The van der Waals surface area contributed by atoms with E-state index in [1.165, 1.54) is 0 Å². The molecule has 1 heterocycles. The summed E-state index contributed by atoms with van der Waals surface area (Å²) in [6.45, 7) is 6.73. The maximum atomic E-state index is 15.1. The van der Waals surface area contributed by atoms with Gasteiger partial charge in [0.05, 0.1) is 0 Å². The molecule has 3 atom stereocenters. The van der Waals surface area contributed by atoms with Crippen molar-refractivity contribution >= 4 is 23.6 Å². The monoisotopic (exact) mass is 549 g/mol. The van der Waals surface area contributed by atoms with Gasteiger partial charge in [-0.15, -0.1) is 0 Å². The number of ether oxygens (including phenoxy) is 2. The summed E-state index contributed by atoms with van der Waals surface area (Å²) in [6, 6.07) is 20.9. The van der Waals surface area contributed by atoms with E-state index in [9.17, 15) is 9.59 Å². The molecule has 1 N–H and O–H groups in total. The number of hydrogen-bond acceptors (Lipinski definition) is 5. The third-order valence-corrected chi connectivity index (χ3v) is 7.12. The molecule has 5 rings (SSSR count). The molecule has 0 radical (unpaired) electrons. The SMILES string of the molecule is CC(C)(C)OC(=O)N(Cc1ccccc1)C1[C@H]2CN(c3c(F)cc(NC(=O)OCc4ccccc4)cc3F)C[C@@H]12. The molecule has 1 saturated carbocycles. The van der Waals surface area contributed by atoms with Crippen molar-refractivity contribution in [2.45, 2.75) is 45.6 Å². The van der Waals surface area contributed by atoms with Gasteiger partial charge in [0.15, 0.2) is 11.6 Å². The molecule has 1 aliphatic carbocycles. The van der Waals surface area contributed by atoms with Crippen molar-refractivity contribution in [2.75, 3.05) is 23.3 Å². The molecular formula is C31H33F2N3O4. The van der Waals surface area contributed by atoms with Crippen LogP contribution in [0.5, 0.6) is 0 Å². The fourth-order valence-corrected chi connectivity index (χ4v) is 5.35. The van der Waals surface area contributed by atoms with Gasteiger partial charge in [-0.25, -0.2) is 18.4 Å². The highest BCUT2D eigenvalue weighted by atomic mass is 19.1. The van der Waals surface area contributed by atoms with Gasteiger partial charge >= 0.3 is 12.2 Å². The van der Waals surface area contributed by atoms with Crippen LogP contribution >= 0.6 is 0 Å². The number of fused-ring (bicyclic) bond motifs is 1. The van der Waals surface area contributed by atoms with Gasteiger partial charge in [-0.2, -0.15) is 0 Å². The fraction of sp³-hybridized carbons (Fsp3) is 0.355. The molecule has 0 bridgehead atoms. The van der Waals surface area contributed by atoms with Crippen molar-refractivity contribution in [1.82, 2.24) is 4.90 Å². The second kappa shape index (κ2) is 11.2. The van der Waals surface area contributed by atoms with E-state index in [1.54, 1.807) is 21.9 Å². The lowest BCUT2D eigenvalue weighted by atomic mass is 10.2. The number of carbonyl (C=O) groups is 2. The molecule has 7 nitrogen and oxygen atoms in total. The van der Waals surface area contributed by atoms with Crippen LogP contribution in [0.3, 0.4) is 0 Å². The third-order valence-electron chi connectivity index (χ3n) is 7.12. The van der Waals surface area contributed by atoms with Gasteiger partial charge in [0.1, 0.15) is 17.9 Å². The molecule has 210 valence electrons. The van der Waals surface area contributed by atoms with E-state index in [-0.39, 0.29) is 35.9 Å². The van der Waals surface area contributed by atoms with Gasteiger partial charge in [0.25, 0.3) is 0 Å². The molecule has 1 saturated heterocycles. The first-order valence-corrected chi connectivity index (χ1v) is 13.3. The number of benzene rings is 3. The third kappa shape index (κ3) is 6.35. The minimum atomic E-state index is -0.804. The Labute approximate surface area is 232 Å². The quantitative estimate of drug-likeness (QED) is 0.360. The minimum absolute atomic E-state index is 0.0296. The molecule has 2 fully saturated rings. The number of nitrogens with zero attached hydrogens (tertiary/aromatic N) is 2. The van der Waals surface area contributed by atoms with Gasteiger partial charge < -0.3 is 19.3 Å². The van der Waals surface area contributed by atoms with E-state index in [2.05, 4.69) is 5.32 Å². The Hall–Kier alpha value is -4.14. The molecule has 2 amide bonds. The number of rotatable bonds is 7. The Balaban J connectivity index is 1.22. The van der Waals surface area contributed by atoms with Crippen LogP contribution in [0, 0.1) is 23.5 Å². The first-order valence-electron chi connectivity index (χ1n) is 13.3. The van der Waals surface area contributed by atoms with E-state index in [4.69, 9.17) is 9.47 Å². The fourth-order valence-electron chi connectivity index (χ4n) is 5.35. The number of halogens is 2. The minimum Gasteiger partial charge on any atom is -0.444 e. The van der Waals surface area contributed by atoms with Crippen molar-refractivity contribution in [3.8, 4) is 0 Å². The summed E-state index contributed by atoms with van der Waals surface area (Å²) < 4.78 is 41.0. The Morgan fingerprint density at radius 3 is 2.02 bits per heavy atom. The zero-order chi connectivity index (χ0) is 28.4. The van der Waals surface area contributed by atoms with E-state index in [0.29, 0.717) is 19.6 Å². The van der Waals surface area contributed by atoms with Crippen molar-refractivity contribution in [2.24, 2.45) is 11.8 Å². The van der Waals surface area contributed by atoms with Crippen molar-refractivity contribution in [3.05, 3.63) is 95.6 Å². The molecule has 0 spiro atoms. The summed E-state index contributed by atoms with van der Waals surface area (Å²) in [5.74, 6) is -1.41. The van der Waals surface area contributed by atoms with E-state index < -0.39 is 29.4 Å². The topological polar surface area (TPSA) is 71.1 Å². The van der Waals surface area contributed by atoms with Gasteiger partial charge in [0.2, 0.25) is 0 Å². The summed E-state index contributed by atoms with van der Waals surface area (Å²) in [7, 11) is 0. The molecule has 2 aliphatic rings. The average Bonchev–Trinajstić information content (AvgIpc) is 3.37. The highest BCUT2D eigenvalue weighted by molar-refractivity contribution is 5.85. The molecule has 1 unspecified atom stereocenters. The number of amides is 2. The van der Waals surface area contributed by atoms with Crippen LogP contribution in [-0.4, -0.2) is 41.8 Å². The Kier molecular flexibility index (Phi) is 7.65. The van der Waals surface area contributed by atoms with E-state index in [1.807, 2.05) is 69.3 Å². The smallest absolute Gasteiger partial charge is 0.411 e. The predicted molar refractivity (Wildman–Crippen MR) is 148 cm³/mol. The Bertz CT molecular complexity index is 1330. The van der Waals surface area contributed by atoms with Gasteiger partial charge in [0, 0.05) is 43.2 Å². The maximum Gasteiger partial charge on any atom is 0.411 e. The van der Waals surface area contributed by atoms with Crippen molar-refractivity contribution in [3.63, 3.8) is 0 Å². The van der Waals surface area contributed by atoms with Crippen LogP contribution in [0.1, 0.15) is 31.9 Å². The van der Waals surface area contributed by atoms with Crippen LogP contribution in [0.2, 0.25) is 0 Å². The van der Waals surface area contributed by atoms with Crippen LogP contribution in [0.25, 0.3) is 0 Å². The number of hydrogen-bond donors (Lipinski definition) is 1. The summed E-state index contributed by atoms with van der Waals surface area (Å²) in [6.07, 6.45) is -1.20. The number of anilines is 2. The number of nitrogens with one attached hydrogen (secondary N) is 1. The van der Waals surface area contributed by atoms with Gasteiger partial charge in [-0.3, -0.25) is 5.32 Å². The first kappa shape index (κ1) is 27.4. The molecule has 3 aromatic rings. The number of carbonyl (C=O) groups excluding carboxylic acids is 2. The standard InChI is InChI=1S/C31H33F2N3O4/c1-31(2,3)40-30(38)36(16-20-10-6-4-7-11-20)27-23-17-35(18-24(23)27)28-25(32)14-22(15-26(28)33)34-29(37)39-19-21-12-8-5-9-13-21/h4-15,23-24,27H,16-19H2,1-3H3,(H,34,37)/t23-,24+,27?. The summed E-state index contributed by atoms with van der Waals surface area (Å²) in [5, 5.41) is 2.39. The van der Waals surface area contributed by atoms with Gasteiger partial charge in [-0.1, -0.05) is 60.7 Å². The highest BCUT2D eigenvalue weighted by Gasteiger charge is 2.60. The van der Waals surface area contributed by atoms with Crippen LogP contribution in [0.15, 0.2) is 72.8 Å². The summed E-state index contributed by atoms with van der Waals surface area (Å²) in [4.78, 5) is 28.7. The average molecular weight is 550 g/mol. The second-order valence-corrected chi connectivity index (χ2v) is 11.3. The number of piperidine rings is 1. The molecule has 9 heteroatoms. The lowest BCUT2D eigenvalue weighted by Crippen LogP contribution is -2.41. The molecule has 3 aromatic carbocycles. The zero-order valence-electron chi connectivity index (χ0n) is 22.8. The predicted octanol–water partition coefficient (Wildman–Crippen LogP) is 6.59. The van der Waals surface area contributed by atoms with Crippen LogP contribution in [0.4, 0.5) is 29.7 Å². The van der Waals surface area contributed by atoms with Gasteiger partial charge in [-0.05, 0) is 44.0 Å². The summed E-state index contributed by atoms with van der Waals surface area (Å²) in [5.41, 5.74) is 0.972. The van der Waals surface area contributed by atoms with Crippen molar-refractivity contribution in [1.29, 1.82) is 0 Å². The molecular weight excluding hydrogens is 516 g/mol. The second-order valence-electron chi connectivity index (χ2n) is 11.3. The van der Waals surface area contributed by atoms with E-state index in [0.717, 1.165) is 23.3 Å². The molecule has 40 heavy (non-hydrogen) atoms. The van der Waals surface area contributed by atoms with E-state index >= 15 is 8.78 Å². The lowest BCUT2D eigenvalue weighted by Gasteiger charge is -2.31. The molecule has 0 aromatic heterocycles. The lowest BCUT2D eigenvalue weighted by molar-refractivity contribution is 0.0195. The van der Waals surface area contributed by atoms with Crippen molar-refractivity contribution < 1.29 is 27.8 Å². The maximum absolute atomic E-state index is 15.1. The van der Waals surface area contributed by atoms with Crippen LogP contribution < -0.4 is 10.2 Å². The zero-order valence-corrected chi connectivity index (χ0v) is 22.8. The first-order chi connectivity index (χ1) is 19.1. The molecule has 1 aliphatic heterocycles. The Morgan fingerprint density at radius 2 is 1.48 bits per heavy atom. The Morgan fingerprint density at radius 1 is 0.925 bits per heavy atom. The highest BCUT2D eigenvalue weighted by Crippen LogP contribution is 2.51. The normalized spacial score (nSPS) is 19.5. The van der Waals surface area contributed by atoms with Crippen LogP contribution in [-0.2, 0) is 22.6 Å². The summed E-state index contributed by atoms with van der Waals surface area (Å²) >= 11 is 0. The largest absolute Gasteiger partial charge is 0.444 e.